The normalized spacial score (nSPS) is 15.5. The van der Waals surface area contributed by atoms with Crippen LogP contribution in [0.1, 0.15) is 52.8 Å². The van der Waals surface area contributed by atoms with Gasteiger partial charge in [0, 0.05) is 27.8 Å². The summed E-state index contributed by atoms with van der Waals surface area (Å²) in [5.41, 5.74) is 13.7. The molecular formula is C42H32N2. The lowest BCUT2D eigenvalue weighted by atomic mass is 9.80. The summed E-state index contributed by atoms with van der Waals surface area (Å²) in [7, 11) is 0. The molecule has 0 bridgehead atoms. The monoisotopic (exact) mass is 564 g/mol. The van der Waals surface area contributed by atoms with Gasteiger partial charge in [0.1, 0.15) is 0 Å². The van der Waals surface area contributed by atoms with Gasteiger partial charge in [0.15, 0.2) is 0 Å². The van der Waals surface area contributed by atoms with Crippen molar-refractivity contribution < 1.29 is 0 Å². The van der Waals surface area contributed by atoms with E-state index in [4.69, 9.17) is 0 Å². The van der Waals surface area contributed by atoms with E-state index in [9.17, 15) is 5.41 Å². The lowest BCUT2D eigenvalue weighted by Gasteiger charge is -2.27. The van der Waals surface area contributed by atoms with E-state index in [1.54, 1.807) is 0 Å². The molecule has 2 heteroatoms. The molecule has 2 nitrogen and oxygen atoms in total. The summed E-state index contributed by atoms with van der Waals surface area (Å²) in [5, 5.41) is 16.0. The molecule has 210 valence electrons. The van der Waals surface area contributed by atoms with Gasteiger partial charge in [-0.05, 0) is 61.9 Å². The summed E-state index contributed by atoms with van der Waals surface area (Å²) in [6.45, 7) is 4.63. The second-order valence-corrected chi connectivity index (χ2v) is 12.2. The largest absolute Gasteiger partial charge is 0.354 e. The van der Waals surface area contributed by atoms with Crippen LogP contribution in [0, 0.1) is 5.41 Å². The lowest BCUT2D eigenvalue weighted by molar-refractivity contribution is 0.660. The van der Waals surface area contributed by atoms with Gasteiger partial charge in [0.25, 0.3) is 0 Å². The van der Waals surface area contributed by atoms with Crippen LogP contribution in [0.2, 0.25) is 0 Å². The Kier molecular flexibility index (Phi) is 5.99. The van der Waals surface area contributed by atoms with Crippen LogP contribution in [0.25, 0.3) is 44.9 Å². The van der Waals surface area contributed by atoms with E-state index >= 15 is 0 Å². The minimum absolute atomic E-state index is 0.146. The first kappa shape index (κ1) is 26.2. The number of allylic oxidation sites excluding steroid dienone is 1. The van der Waals surface area contributed by atoms with E-state index in [0.29, 0.717) is 5.71 Å². The molecule has 44 heavy (non-hydrogen) atoms. The molecule has 0 fully saturated rings. The first-order valence-corrected chi connectivity index (χ1v) is 15.2. The topological polar surface area (TPSA) is 35.9 Å². The molecule has 2 aliphatic rings. The van der Waals surface area contributed by atoms with E-state index in [0.717, 1.165) is 55.6 Å². The quantitative estimate of drug-likeness (QED) is 0.205. The molecule has 6 aromatic carbocycles. The van der Waals surface area contributed by atoms with E-state index in [2.05, 4.69) is 159 Å². The number of hydrogen-bond acceptors (Lipinski definition) is 2. The summed E-state index contributed by atoms with van der Waals surface area (Å²) in [5.74, 6) is 0. The molecule has 1 aliphatic carbocycles. The minimum atomic E-state index is -0.146. The maximum atomic E-state index is 9.96. The Balaban J connectivity index is 1.41. The summed E-state index contributed by atoms with van der Waals surface area (Å²) in [4.78, 5) is 0. The van der Waals surface area contributed by atoms with Crippen LogP contribution in [-0.4, -0.2) is 5.71 Å². The molecule has 1 heterocycles. The van der Waals surface area contributed by atoms with Gasteiger partial charge >= 0.3 is 0 Å². The number of hydrogen-bond donors (Lipinski definition) is 2. The predicted molar refractivity (Wildman–Crippen MR) is 185 cm³/mol. The molecule has 8 rings (SSSR count). The van der Waals surface area contributed by atoms with Crippen LogP contribution in [0.4, 0.5) is 0 Å². The van der Waals surface area contributed by atoms with Gasteiger partial charge in [0.2, 0.25) is 0 Å². The molecule has 1 aliphatic heterocycles. The molecule has 0 saturated heterocycles. The van der Waals surface area contributed by atoms with Crippen molar-refractivity contribution in [2.45, 2.75) is 19.3 Å². The third-order valence-corrected chi connectivity index (χ3v) is 9.31. The SMILES string of the molecule is CC1(C)c2ccccc2-c2ccc(/C(C(=N)c3cccc4ccccc34)=C3/NC(c4ccccc4)=Cc4ccccc43)cc21. The Morgan fingerprint density at radius 3 is 2.16 bits per heavy atom. The third kappa shape index (κ3) is 4.06. The molecule has 0 unspecified atom stereocenters. The Morgan fingerprint density at radius 2 is 1.30 bits per heavy atom. The van der Waals surface area contributed by atoms with Crippen LogP contribution >= 0.6 is 0 Å². The first-order valence-electron chi connectivity index (χ1n) is 15.2. The highest BCUT2D eigenvalue weighted by molar-refractivity contribution is 6.38. The first-order chi connectivity index (χ1) is 21.5. The molecule has 0 saturated carbocycles. The number of rotatable bonds is 4. The van der Waals surface area contributed by atoms with E-state index in [1.807, 2.05) is 6.07 Å². The molecule has 2 N–H and O–H groups in total. The van der Waals surface area contributed by atoms with Gasteiger partial charge < -0.3 is 5.32 Å². The van der Waals surface area contributed by atoms with Crippen molar-refractivity contribution in [2.75, 3.05) is 0 Å². The van der Waals surface area contributed by atoms with Gasteiger partial charge in [-0.1, -0.05) is 147 Å². The standard InChI is InChI=1S/C42H32N2/c1-42(2)36-22-11-10-20-33(36)34-24-23-30(25-37(34)42)39(40(43)35-21-12-17-27-13-6-8-18-31(27)35)41-32-19-9-7-16-29(32)26-38(44-41)28-14-4-3-5-15-28/h3-26,43-44H,1-2H3/b41-39-,43-40?. The molecule has 6 aromatic rings. The average molecular weight is 565 g/mol. The van der Waals surface area contributed by atoms with E-state index in [1.165, 1.54) is 22.3 Å². The molecular weight excluding hydrogens is 532 g/mol. The molecule has 0 radical (unpaired) electrons. The number of nitrogens with one attached hydrogen (secondary N) is 2. The maximum absolute atomic E-state index is 9.96. The summed E-state index contributed by atoms with van der Waals surface area (Å²) in [6.07, 6.45) is 2.22. The molecule has 0 atom stereocenters. The van der Waals surface area contributed by atoms with Gasteiger partial charge in [-0.3, -0.25) is 5.41 Å². The zero-order valence-corrected chi connectivity index (χ0v) is 24.9. The Bertz CT molecular complexity index is 2170. The summed E-state index contributed by atoms with van der Waals surface area (Å²) in [6, 6.07) is 49.2. The summed E-state index contributed by atoms with van der Waals surface area (Å²) < 4.78 is 0. The fourth-order valence-corrected chi connectivity index (χ4v) is 7.07. The van der Waals surface area contributed by atoms with Crippen LogP contribution in [-0.2, 0) is 5.41 Å². The zero-order chi connectivity index (χ0) is 29.8. The van der Waals surface area contributed by atoms with E-state index < -0.39 is 0 Å². The molecule has 0 aromatic heterocycles. The predicted octanol–water partition coefficient (Wildman–Crippen LogP) is 10.2. The van der Waals surface area contributed by atoms with Crippen LogP contribution in [0.15, 0.2) is 140 Å². The fourth-order valence-electron chi connectivity index (χ4n) is 7.07. The van der Waals surface area contributed by atoms with Crippen LogP contribution in [0.5, 0.6) is 0 Å². The Hall–Kier alpha value is -5.47. The minimum Gasteiger partial charge on any atom is -0.354 e. The molecule has 0 amide bonds. The van der Waals surface area contributed by atoms with Crippen molar-refractivity contribution in [2.24, 2.45) is 0 Å². The lowest BCUT2D eigenvalue weighted by Crippen LogP contribution is -2.21. The van der Waals surface area contributed by atoms with Gasteiger partial charge in [0.05, 0.1) is 11.4 Å². The Morgan fingerprint density at radius 1 is 0.614 bits per heavy atom. The smallest absolute Gasteiger partial charge is 0.0717 e. The van der Waals surface area contributed by atoms with E-state index in [-0.39, 0.29) is 5.41 Å². The third-order valence-electron chi connectivity index (χ3n) is 9.31. The number of fused-ring (bicyclic) bond motifs is 5. The Labute approximate surface area is 258 Å². The van der Waals surface area contributed by atoms with Crippen molar-refractivity contribution in [3.8, 4) is 11.1 Å². The van der Waals surface area contributed by atoms with Gasteiger partial charge in [-0.2, -0.15) is 0 Å². The van der Waals surface area contributed by atoms with Gasteiger partial charge in [-0.25, -0.2) is 0 Å². The number of benzene rings is 6. The second-order valence-electron chi connectivity index (χ2n) is 12.2. The second kappa shape index (κ2) is 10.1. The fraction of sp³-hybridized carbons (Fsp3) is 0.0714. The zero-order valence-electron chi connectivity index (χ0n) is 24.9. The van der Waals surface area contributed by atoms with Crippen molar-refractivity contribution in [1.82, 2.24) is 5.32 Å². The maximum Gasteiger partial charge on any atom is 0.0717 e. The average Bonchev–Trinajstić information content (AvgIpc) is 3.30. The van der Waals surface area contributed by atoms with Crippen LogP contribution < -0.4 is 5.32 Å². The highest BCUT2D eigenvalue weighted by Crippen LogP contribution is 2.49. The summed E-state index contributed by atoms with van der Waals surface area (Å²) >= 11 is 0. The highest BCUT2D eigenvalue weighted by Gasteiger charge is 2.36. The van der Waals surface area contributed by atoms with Crippen molar-refractivity contribution in [1.29, 1.82) is 5.41 Å². The van der Waals surface area contributed by atoms with Crippen molar-refractivity contribution in [3.05, 3.63) is 178 Å². The van der Waals surface area contributed by atoms with Crippen molar-refractivity contribution >= 4 is 39.5 Å². The molecule has 0 spiro atoms. The van der Waals surface area contributed by atoms with Gasteiger partial charge in [-0.15, -0.1) is 0 Å². The van der Waals surface area contributed by atoms with Crippen LogP contribution in [0.3, 0.4) is 0 Å². The van der Waals surface area contributed by atoms with Crippen molar-refractivity contribution in [3.63, 3.8) is 0 Å². The highest BCUT2D eigenvalue weighted by atomic mass is 14.9.